The zero-order valence-electron chi connectivity index (χ0n) is 16.3. The van der Waals surface area contributed by atoms with Crippen molar-refractivity contribution in [3.63, 3.8) is 0 Å². The Morgan fingerprint density at radius 3 is 2.57 bits per heavy atom. The van der Waals surface area contributed by atoms with Gasteiger partial charge in [0, 0.05) is 20.1 Å². The van der Waals surface area contributed by atoms with E-state index in [-0.39, 0.29) is 5.91 Å². The van der Waals surface area contributed by atoms with Crippen molar-refractivity contribution in [1.82, 2.24) is 34.3 Å². The van der Waals surface area contributed by atoms with Crippen LogP contribution in [0.2, 0.25) is 5.02 Å². The van der Waals surface area contributed by atoms with E-state index in [1.54, 1.807) is 15.5 Å². The second-order valence-electron chi connectivity index (χ2n) is 6.53. The van der Waals surface area contributed by atoms with Crippen LogP contribution < -0.4 is 0 Å². The van der Waals surface area contributed by atoms with E-state index < -0.39 is 0 Å². The van der Waals surface area contributed by atoms with Crippen LogP contribution in [0.5, 0.6) is 0 Å². The predicted octanol–water partition coefficient (Wildman–Crippen LogP) is 3.49. The van der Waals surface area contributed by atoms with E-state index in [0.29, 0.717) is 40.2 Å². The summed E-state index contributed by atoms with van der Waals surface area (Å²) in [7, 11) is 1.81. The first-order chi connectivity index (χ1) is 13.4. The number of fused-ring (bicyclic) bond motifs is 3. The van der Waals surface area contributed by atoms with Crippen LogP contribution in [0.4, 0.5) is 0 Å². The van der Waals surface area contributed by atoms with Gasteiger partial charge in [-0.25, -0.2) is 14.5 Å². The third-order valence-electron chi connectivity index (χ3n) is 4.87. The van der Waals surface area contributed by atoms with Crippen LogP contribution >= 0.6 is 22.9 Å². The fourth-order valence-electron chi connectivity index (χ4n) is 3.37. The molecule has 8 nitrogen and oxygen atoms in total. The Labute approximate surface area is 170 Å². The van der Waals surface area contributed by atoms with Gasteiger partial charge in [0.2, 0.25) is 5.82 Å². The van der Waals surface area contributed by atoms with Crippen molar-refractivity contribution >= 4 is 44.7 Å². The fraction of sp³-hybridized carbons (Fsp3) is 0.389. The minimum Gasteiger partial charge on any atom is -0.338 e. The van der Waals surface area contributed by atoms with Crippen LogP contribution in [0, 0.1) is 13.8 Å². The Morgan fingerprint density at radius 2 is 1.96 bits per heavy atom. The molecule has 4 aromatic rings. The van der Waals surface area contributed by atoms with Gasteiger partial charge in [-0.15, -0.1) is 16.4 Å². The summed E-state index contributed by atoms with van der Waals surface area (Å²) in [6.07, 6.45) is 1.62. The standard InChI is InChI=1S/C18H20ClN7OS/c1-6-25(7-2)18(27)14-9(3)11-16-21-15(13-12(19)10(4)22-24(13)5)23-26(16)8-20-17(11)28-14/h8H,6-7H2,1-5H3. The normalized spacial score (nSPS) is 11.6. The largest absolute Gasteiger partial charge is 0.338 e. The third kappa shape index (κ3) is 2.68. The highest BCUT2D eigenvalue weighted by molar-refractivity contribution is 7.20. The molecular weight excluding hydrogens is 398 g/mol. The fourth-order valence-corrected chi connectivity index (χ4v) is 4.72. The Kier molecular flexibility index (Phi) is 4.59. The van der Waals surface area contributed by atoms with E-state index in [9.17, 15) is 4.79 Å². The Balaban J connectivity index is 1.93. The average Bonchev–Trinajstić information content (AvgIpc) is 3.30. The molecule has 0 saturated carbocycles. The topological polar surface area (TPSA) is 81.2 Å². The highest BCUT2D eigenvalue weighted by atomic mass is 35.5. The maximum Gasteiger partial charge on any atom is 0.264 e. The highest BCUT2D eigenvalue weighted by Gasteiger charge is 2.24. The second-order valence-corrected chi connectivity index (χ2v) is 7.91. The number of nitrogens with zero attached hydrogens (tertiary/aromatic N) is 7. The molecule has 0 radical (unpaired) electrons. The Morgan fingerprint density at radius 1 is 1.25 bits per heavy atom. The van der Waals surface area contributed by atoms with Crippen LogP contribution in [0.25, 0.3) is 27.4 Å². The SMILES string of the molecule is CCN(CC)C(=O)c1sc2ncn3nc(-c4c(Cl)c(C)nn4C)nc3c2c1C. The monoisotopic (exact) mass is 417 g/mol. The summed E-state index contributed by atoms with van der Waals surface area (Å²) in [6.45, 7) is 9.07. The molecule has 0 atom stereocenters. The molecular formula is C18H20ClN7OS. The Hall–Kier alpha value is -2.52. The minimum atomic E-state index is 0.0219. The van der Waals surface area contributed by atoms with Crippen LogP contribution in [0.15, 0.2) is 6.33 Å². The predicted molar refractivity (Wildman–Crippen MR) is 110 cm³/mol. The first-order valence-electron chi connectivity index (χ1n) is 9.00. The molecule has 0 unspecified atom stereocenters. The first kappa shape index (κ1) is 18.8. The second kappa shape index (κ2) is 6.82. The average molecular weight is 418 g/mol. The molecule has 10 heteroatoms. The van der Waals surface area contributed by atoms with Crippen molar-refractivity contribution in [2.24, 2.45) is 7.05 Å². The van der Waals surface area contributed by atoms with Crippen molar-refractivity contribution in [3.05, 3.63) is 27.5 Å². The lowest BCUT2D eigenvalue weighted by Gasteiger charge is -2.17. The van der Waals surface area contributed by atoms with Gasteiger partial charge in [0.15, 0.2) is 5.65 Å². The summed E-state index contributed by atoms with van der Waals surface area (Å²) < 4.78 is 3.30. The number of carbonyl (C=O) groups excluding carboxylic acids is 1. The van der Waals surface area contributed by atoms with Crippen molar-refractivity contribution in [1.29, 1.82) is 0 Å². The van der Waals surface area contributed by atoms with Gasteiger partial charge in [-0.3, -0.25) is 9.48 Å². The van der Waals surface area contributed by atoms with Crippen LogP contribution in [0.3, 0.4) is 0 Å². The lowest BCUT2D eigenvalue weighted by Crippen LogP contribution is -2.30. The summed E-state index contributed by atoms with van der Waals surface area (Å²) in [6, 6.07) is 0. The zero-order valence-corrected chi connectivity index (χ0v) is 17.9. The third-order valence-corrected chi connectivity index (χ3v) is 6.51. The number of aryl methyl sites for hydroxylation is 3. The molecule has 0 aromatic carbocycles. The quantitative estimate of drug-likeness (QED) is 0.507. The molecule has 0 saturated heterocycles. The zero-order chi connectivity index (χ0) is 20.2. The summed E-state index contributed by atoms with van der Waals surface area (Å²) >= 11 is 7.80. The molecule has 4 heterocycles. The van der Waals surface area contributed by atoms with Crippen molar-refractivity contribution < 1.29 is 4.79 Å². The molecule has 0 aliphatic rings. The van der Waals surface area contributed by atoms with Crippen LogP contribution in [-0.2, 0) is 7.05 Å². The maximum absolute atomic E-state index is 12.9. The number of aromatic nitrogens is 6. The molecule has 28 heavy (non-hydrogen) atoms. The first-order valence-corrected chi connectivity index (χ1v) is 10.2. The van der Waals surface area contributed by atoms with E-state index in [1.807, 2.05) is 39.6 Å². The molecule has 0 aliphatic heterocycles. The van der Waals surface area contributed by atoms with Gasteiger partial charge in [-0.1, -0.05) is 11.6 Å². The lowest BCUT2D eigenvalue weighted by atomic mass is 10.2. The van der Waals surface area contributed by atoms with E-state index >= 15 is 0 Å². The van der Waals surface area contributed by atoms with Gasteiger partial charge in [0.25, 0.3) is 5.91 Å². The summed E-state index contributed by atoms with van der Waals surface area (Å²) in [5.41, 5.74) is 2.91. The molecule has 4 aromatic heterocycles. The number of thiophene rings is 1. The van der Waals surface area contributed by atoms with E-state index in [4.69, 9.17) is 16.6 Å². The van der Waals surface area contributed by atoms with Crippen LogP contribution in [-0.4, -0.2) is 53.3 Å². The summed E-state index contributed by atoms with van der Waals surface area (Å²) in [5.74, 6) is 0.498. The summed E-state index contributed by atoms with van der Waals surface area (Å²) in [5, 5.41) is 10.2. The van der Waals surface area contributed by atoms with Gasteiger partial charge in [-0.2, -0.15) is 5.10 Å². The molecule has 0 fully saturated rings. The smallest absolute Gasteiger partial charge is 0.264 e. The maximum atomic E-state index is 12.9. The molecule has 0 bridgehead atoms. The Bertz CT molecular complexity index is 1220. The van der Waals surface area contributed by atoms with Crippen molar-refractivity contribution in [2.45, 2.75) is 27.7 Å². The molecule has 0 spiro atoms. The molecule has 4 rings (SSSR count). The van der Waals surface area contributed by atoms with E-state index in [1.165, 1.54) is 11.3 Å². The summed E-state index contributed by atoms with van der Waals surface area (Å²) in [4.78, 5) is 25.4. The van der Waals surface area contributed by atoms with E-state index in [2.05, 4.69) is 15.2 Å². The van der Waals surface area contributed by atoms with Crippen LogP contribution in [0.1, 0.15) is 34.8 Å². The van der Waals surface area contributed by atoms with Gasteiger partial charge < -0.3 is 4.90 Å². The number of carbonyl (C=O) groups is 1. The minimum absolute atomic E-state index is 0.0219. The number of hydrogen-bond donors (Lipinski definition) is 0. The number of rotatable bonds is 4. The number of halogens is 1. The number of amides is 1. The lowest BCUT2D eigenvalue weighted by molar-refractivity contribution is 0.0777. The molecule has 1 amide bonds. The van der Waals surface area contributed by atoms with Crippen molar-refractivity contribution in [2.75, 3.05) is 13.1 Å². The van der Waals surface area contributed by atoms with Gasteiger partial charge >= 0.3 is 0 Å². The van der Waals surface area contributed by atoms with Crippen molar-refractivity contribution in [3.8, 4) is 11.5 Å². The molecule has 146 valence electrons. The molecule has 0 N–H and O–H groups in total. The van der Waals surface area contributed by atoms with Gasteiger partial charge in [0.1, 0.15) is 16.9 Å². The highest BCUT2D eigenvalue weighted by Crippen LogP contribution is 2.34. The van der Waals surface area contributed by atoms with Gasteiger partial charge in [0.05, 0.1) is 21.0 Å². The number of hydrogen-bond acceptors (Lipinski definition) is 6. The molecule has 0 aliphatic carbocycles. The van der Waals surface area contributed by atoms with Gasteiger partial charge in [-0.05, 0) is 33.3 Å². The van der Waals surface area contributed by atoms with E-state index in [0.717, 1.165) is 21.5 Å².